The van der Waals surface area contributed by atoms with Gasteiger partial charge in [-0.05, 0) is 36.6 Å². The van der Waals surface area contributed by atoms with Gasteiger partial charge in [-0.15, -0.1) is 5.10 Å². The summed E-state index contributed by atoms with van der Waals surface area (Å²) in [4.78, 5) is 14.8. The molecule has 1 atom stereocenters. The summed E-state index contributed by atoms with van der Waals surface area (Å²) in [5, 5.41) is 9.25. The van der Waals surface area contributed by atoms with E-state index in [1.807, 2.05) is 36.4 Å². The smallest absolute Gasteiger partial charge is 0.242 e. The van der Waals surface area contributed by atoms with Crippen molar-refractivity contribution in [2.24, 2.45) is 10.2 Å². The van der Waals surface area contributed by atoms with Crippen molar-refractivity contribution < 1.29 is 9.53 Å². The van der Waals surface area contributed by atoms with E-state index in [2.05, 4.69) is 36.2 Å². The zero-order chi connectivity index (χ0) is 20.6. The van der Waals surface area contributed by atoms with Gasteiger partial charge in [-0.2, -0.15) is 5.10 Å². The van der Waals surface area contributed by atoms with Crippen LogP contribution in [0.25, 0.3) is 0 Å². The molecule has 1 aliphatic heterocycles. The Hall–Kier alpha value is -2.60. The van der Waals surface area contributed by atoms with Crippen molar-refractivity contribution in [3.63, 3.8) is 0 Å². The van der Waals surface area contributed by atoms with Gasteiger partial charge in [-0.1, -0.05) is 67.9 Å². The van der Waals surface area contributed by atoms with E-state index >= 15 is 0 Å². The molecular weight excluding hydrogens is 382 g/mol. The Balaban J connectivity index is 1.84. The highest BCUT2D eigenvalue weighted by atomic mass is 32.2. The summed E-state index contributed by atoms with van der Waals surface area (Å²) in [6, 6.07) is 15.8. The molecule has 0 radical (unpaired) electrons. The summed E-state index contributed by atoms with van der Waals surface area (Å²) in [5.74, 6) is 0.863. The lowest BCUT2D eigenvalue weighted by molar-refractivity contribution is -0.126. The number of amidine groups is 1. The summed E-state index contributed by atoms with van der Waals surface area (Å²) in [7, 11) is 1.63. The van der Waals surface area contributed by atoms with Crippen molar-refractivity contribution in [2.75, 3.05) is 7.11 Å². The number of amides is 1. The molecule has 1 amide bonds. The average molecular weight is 410 g/mol. The first kappa shape index (κ1) is 21.1. The van der Waals surface area contributed by atoms with Gasteiger partial charge in [0.2, 0.25) is 5.91 Å². The molecule has 0 aromatic heterocycles. The van der Waals surface area contributed by atoms with Crippen molar-refractivity contribution in [3.8, 4) is 5.75 Å². The molecule has 0 spiro atoms. The first-order valence-electron chi connectivity index (χ1n) is 9.90. The van der Waals surface area contributed by atoms with Crippen LogP contribution in [-0.2, 0) is 11.3 Å². The first-order chi connectivity index (χ1) is 14.1. The van der Waals surface area contributed by atoms with Gasteiger partial charge in [0.15, 0.2) is 5.17 Å². The third-order valence-electron chi connectivity index (χ3n) is 4.91. The molecule has 2 aromatic rings. The van der Waals surface area contributed by atoms with Crippen LogP contribution in [-0.4, -0.2) is 34.5 Å². The number of unbranched alkanes of at least 4 members (excludes halogenated alkanes) is 1. The van der Waals surface area contributed by atoms with Crippen LogP contribution in [0.4, 0.5) is 0 Å². The predicted octanol–water partition coefficient (Wildman–Crippen LogP) is 5.03. The third kappa shape index (κ3) is 5.26. The number of carbonyl (C=O) groups excluding carboxylic acids is 1. The molecule has 1 heterocycles. The highest BCUT2D eigenvalue weighted by Crippen LogP contribution is 2.32. The second-order valence-electron chi connectivity index (χ2n) is 6.97. The van der Waals surface area contributed by atoms with Gasteiger partial charge in [0, 0.05) is 5.56 Å². The average Bonchev–Trinajstić information content (AvgIpc) is 3.03. The number of rotatable bonds is 8. The third-order valence-corrected chi connectivity index (χ3v) is 6.14. The topological polar surface area (TPSA) is 54.3 Å². The minimum Gasteiger partial charge on any atom is -0.496 e. The van der Waals surface area contributed by atoms with E-state index in [1.165, 1.54) is 17.3 Å². The zero-order valence-electron chi connectivity index (χ0n) is 17.2. The fourth-order valence-electron chi connectivity index (χ4n) is 3.18. The van der Waals surface area contributed by atoms with Crippen molar-refractivity contribution in [1.82, 2.24) is 4.90 Å². The summed E-state index contributed by atoms with van der Waals surface area (Å²) in [6.07, 6.45) is 4.63. The van der Waals surface area contributed by atoms with E-state index in [0.717, 1.165) is 36.1 Å². The van der Waals surface area contributed by atoms with Crippen LogP contribution in [0.2, 0.25) is 0 Å². The number of ether oxygens (including phenoxy) is 1. The molecule has 5 nitrogen and oxygen atoms in total. The van der Waals surface area contributed by atoms with Gasteiger partial charge in [-0.25, -0.2) is 0 Å². The number of aryl methyl sites for hydroxylation is 1. The Morgan fingerprint density at radius 2 is 1.93 bits per heavy atom. The Morgan fingerprint density at radius 3 is 2.69 bits per heavy atom. The van der Waals surface area contributed by atoms with Crippen LogP contribution in [0.15, 0.2) is 58.7 Å². The summed E-state index contributed by atoms with van der Waals surface area (Å²) in [5.41, 5.74) is 3.14. The van der Waals surface area contributed by atoms with Crippen molar-refractivity contribution in [2.45, 2.75) is 44.9 Å². The molecule has 6 heteroatoms. The maximum atomic E-state index is 13.0. The normalized spacial score (nSPS) is 18.2. The SMILES string of the molecule is CCCC[C@@H]1S/C(=N\N=C/c2ccccc2OC)N(Cc2ccccc2C)C1=O. The highest BCUT2D eigenvalue weighted by Gasteiger charge is 2.37. The zero-order valence-corrected chi connectivity index (χ0v) is 18.0. The second kappa shape index (κ2) is 10.3. The summed E-state index contributed by atoms with van der Waals surface area (Å²) >= 11 is 1.52. The minimum absolute atomic E-state index is 0.0841. The maximum Gasteiger partial charge on any atom is 0.242 e. The molecule has 1 aliphatic rings. The maximum absolute atomic E-state index is 13.0. The Bertz CT molecular complexity index is 911. The molecule has 0 N–H and O–H groups in total. The van der Waals surface area contributed by atoms with E-state index in [9.17, 15) is 4.79 Å². The Labute approximate surface area is 176 Å². The van der Waals surface area contributed by atoms with E-state index in [4.69, 9.17) is 4.74 Å². The van der Waals surface area contributed by atoms with E-state index in [-0.39, 0.29) is 11.2 Å². The number of methoxy groups -OCH3 is 1. The van der Waals surface area contributed by atoms with Crippen molar-refractivity contribution >= 4 is 29.1 Å². The van der Waals surface area contributed by atoms with Crippen LogP contribution < -0.4 is 4.74 Å². The Morgan fingerprint density at radius 1 is 1.17 bits per heavy atom. The molecule has 3 rings (SSSR count). The number of hydrogen-bond acceptors (Lipinski definition) is 5. The molecule has 0 bridgehead atoms. The number of hydrogen-bond donors (Lipinski definition) is 0. The molecule has 0 unspecified atom stereocenters. The monoisotopic (exact) mass is 409 g/mol. The first-order valence-corrected chi connectivity index (χ1v) is 10.8. The van der Waals surface area contributed by atoms with E-state index < -0.39 is 0 Å². The van der Waals surface area contributed by atoms with Gasteiger partial charge in [0.25, 0.3) is 0 Å². The van der Waals surface area contributed by atoms with Gasteiger partial charge in [0.1, 0.15) is 5.75 Å². The number of para-hydroxylation sites is 1. The molecule has 152 valence electrons. The van der Waals surface area contributed by atoms with E-state index in [0.29, 0.717) is 11.7 Å². The highest BCUT2D eigenvalue weighted by molar-refractivity contribution is 8.15. The lowest BCUT2D eigenvalue weighted by Crippen LogP contribution is -2.31. The van der Waals surface area contributed by atoms with Crippen molar-refractivity contribution in [1.29, 1.82) is 0 Å². The molecule has 1 saturated heterocycles. The van der Waals surface area contributed by atoms with Gasteiger partial charge in [-0.3, -0.25) is 9.69 Å². The largest absolute Gasteiger partial charge is 0.496 e. The number of thioether (sulfide) groups is 1. The molecule has 29 heavy (non-hydrogen) atoms. The summed E-state index contributed by atoms with van der Waals surface area (Å²) < 4.78 is 5.35. The minimum atomic E-state index is -0.0841. The van der Waals surface area contributed by atoms with Gasteiger partial charge < -0.3 is 4.74 Å². The number of benzene rings is 2. The Kier molecular flexibility index (Phi) is 7.47. The molecule has 2 aromatic carbocycles. The quantitative estimate of drug-likeness (QED) is 0.454. The second-order valence-corrected chi connectivity index (χ2v) is 8.14. The molecule has 0 aliphatic carbocycles. The number of nitrogens with zero attached hydrogens (tertiary/aromatic N) is 3. The standard InChI is InChI=1S/C23H27N3O2S/c1-4-5-14-21-22(27)26(16-19-12-7-6-10-17(19)2)23(29-21)25-24-15-18-11-8-9-13-20(18)28-3/h6-13,15,21H,4-5,14,16H2,1-3H3/b24-15-,25-23-/t21-/m0/s1. The van der Waals surface area contributed by atoms with Crippen LogP contribution in [0, 0.1) is 6.92 Å². The van der Waals surface area contributed by atoms with Crippen LogP contribution in [0.5, 0.6) is 5.75 Å². The summed E-state index contributed by atoms with van der Waals surface area (Å²) in [6.45, 7) is 4.72. The van der Waals surface area contributed by atoms with Gasteiger partial charge in [0.05, 0.1) is 25.1 Å². The molecule has 0 saturated carbocycles. The van der Waals surface area contributed by atoms with Crippen LogP contribution >= 0.6 is 11.8 Å². The predicted molar refractivity (Wildman–Crippen MR) is 121 cm³/mol. The fourth-order valence-corrected chi connectivity index (χ4v) is 4.32. The lowest BCUT2D eigenvalue weighted by atomic mass is 10.1. The lowest BCUT2D eigenvalue weighted by Gasteiger charge is -2.17. The fraction of sp³-hybridized carbons (Fsp3) is 0.348. The van der Waals surface area contributed by atoms with Crippen LogP contribution in [0.1, 0.15) is 42.9 Å². The van der Waals surface area contributed by atoms with E-state index in [1.54, 1.807) is 18.2 Å². The van der Waals surface area contributed by atoms with Gasteiger partial charge >= 0.3 is 0 Å². The molecular formula is C23H27N3O2S. The number of carbonyl (C=O) groups is 1. The van der Waals surface area contributed by atoms with Crippen LogP contribution in [0.3, 0.4) is 0 Å². The molecule has 1 fully saturated rings. The van der Waals surface area contributed by atoms with Crippen molar-refractivity contribution in [3.05, 3.63) is 65.2 Å².